The summed E-state index contributed by atoms with van der Waals surface area (Å²) in [6, 6.07) is 8.47. The number of ether oxygens (including phenoxy) is 1. The van der Waals surface area contributed by atoms with Crippen molar-refractivity contribution in [2.24, 2.45) is 0 Å². The highest BCUT2D eigenvalue weighted by atomic mass is 32.1. The van der Waals surface area contributed by atoms with Crippen LogP contribution in [0.4, 0.5) is 5.69 Å². The summed E-state index contributed by atoms with van der Waals surface area (Å²) in [5.41, 5.74) is 0.658. The second-order valence-corrected chi connectivity index (χ2v) is 6.18. The Morgan fingerprint density at radius 3 is 2.71 bits per heavy atom. The molecule has 0 fully saturated rings. The number of hydrogen-bond acceptors (Lipinski definition) is 5. The highest BCUT2D eigenvalue weighted by Gasteiger charge is 2.32. The molecular weight excluding hydrogens is 326 g/mol. The Labute approximate surface area is 143 Å². The van der Waals surface area contributed by atoms with E-state index in [-0.39, 0.29) is 5.91 Å². The SMILES string of the molecule is CC[C@H](C(=O)OC)N(C(=O)c1cn2ccnc2s1)c1ccccc1. The summed E-state index contributed by atoms with van der Waals surface area (Å²) in [4.78, 5) is 32.2. The summed E-state index contributed by atoms with van der Waals surface area (Å²) >= 11 is 1.29. The van der Waals surface area contributed by atoms with Crippen molar-refractivity contribution in [2.45, 2.75) is 19.4 Å². The maximum Gasteiger partial charge on any atom is 0.328 e. The van der Waals surface area contributed by atoms with Crippen LogP contribution in [0.25, 0.3) is 4.96 Å². The van der Waals surface area contributed by atoms with E-state index in [2.05, 4.69) is 4.98 Å². The van der Waals surface area contributed by atoms with Gasteiger partial charge in [0.05, 0.1) is 7.11 Å². The van der Waals surface area contributed by atoms with Crippen LogP contribution in [0.5, 0.6) is 0 Å². The molecule has 0 saturated carbocycles. The topological polar surface area (TPSA) is 63.9 Å². The zero-order valence-corrected chi connectivity index (χ0v) is 14.2. The molecule has 1 atom stereocenters. The Morgan fingerprint density at radius 1 is 1.33 bits per heavy atom. The van der Waals surface area contributed by atoms with Gasteiger partial charge in [-0.1, -0.05) is 36.5 Å². The Hall–Kier alpha value is -2.67. The Kier molecular flexibility index (Phi) is 4.61. The van der Waals surface area contributed by atoms with Crippen molar-refractivity contribution in [2.75, 3.05) is 12.0 Å². The minimum atomic E-state index is -0.681. The lowest BCUT2D eigenvalue weighted by Gasteiger charge is -2.28. The largest absolute Gasteiger partial charge is 0.467 e. The number of fused-ring (bicyclic) bond motifs is 1. The summed E-state index contributed by atoms with van der Waals surface area (Å²) in [6.07, 6.45) is 5.65. The third-order valence-corrected chi connectivity index (χ3v) is 4.73. The number of hydrogen-bond donors (Lipinski definition) is 0. The van der Waals surface area contributed by atoms with E-state index in [0.29, 0.717) is 17.0 Å². The van der Waals surface area contributed by atoms with Gasteiger partial charge in [-0.25, -0.2) is 9.78 Å². The monoisotopic (exact) mass is 343 g/mol. The third kappa shape index (κ3) is 2.90. The number of methoxy groups -OCH3 is 1. The summed E-state index contributed by atoms with van der Waals surface area (Å²) in [7, 11) is 1.33. The van der Waals surface area contributed by atoms with Crippen LogP contribution in [0.1, 0.15) is 23.0 Å². The van der Waals surface area contributed by atoms with Gasteiger partial charge in [-0.3, -0.25) is 14.1 Å². The predicted molar refractivity (Wildman–Crippen MR) is 92.4 cm³/mol. The zero-order valence-electron chi connectivity index (χ0n) is 13.4. The van der Waals surface area contributed by atoms with Crippen molar-refractivity contribution in [3.05, 3.63) is 53.8 Å². The molecule has 7 heteroatoms. The number of esters is 1. The molecule has 0 bridgehead atoms. The van der Waals surface area contributed by atoms with Crippen molar-refractivity contribution >= 4 is 33.9 Å². The molecule has 0 radical (unpaired) electrons. The van der Waals surface area contributed by atoms with E-state index in [4.69, 9.17) is 4.74 Å². The number of amides is 1. The maximum absolute atomic E-state index is 13.1. The number of rotatable bonds is 5. The molecule has 124 valence electrons. The number of aromatic nitrogens is 2. The second kappa shape index (κ2) is 6.84. The van der Waals surface area contributed by atoms with Gasteiger partial charge in [0.2, 0.25) is 0 Å². The van der Waals surface area contributed by atoms with E-state index in [9.17, 15) is 9.59 Å². The fourth-order valence-electron chi connectivity index (χ4n) is 2.56. The van der Waals surface area contributed by atoms with Gasteiger partial charge in [0.25, 0.3) is 5.91 Å². The van der Waals surface area contributed by atoms with Crippen molar-refractivity contribution in [1.82, 2.24) is 9.38 Å². The quantitative estimate of drug-likeness (QED) is 0.668. The first-order valence-electron chi connectivity index (χ1n) is 7.54. The molecule has 1 aromatic carbocycles. The predicted octanol–water partition coefficient (Wildman–Crippen LogP) is 2.99. The lowest BCUT2D eigenvalue weighted by atomic mass is 10.1. The van der Waals surface area contributed by atoms with Gasteiger partial charge in [-0.15, -0.1) is 0 Å². The van der Waals surface area contributed by atoms with Crippen molar-refractivity contribution < 1.29 is 14.3 Å². The molecule has 6 nitrogen and oxygen atoms in total. The van der Waals surface area contributed by atoms with Gasteiger partial charge >= 0.3 is 5.97 Å². The molecule has 2 aromatic heterocycles. The summed E-state index contributed by atoms with van der Waals surface area (Å²) < 4.78 is 6.68. The smallest absolute Gasteiger partial charge is 0.328 e. The first kappa shape index (κ1) is 16.2. The molecule has 3 rings (SSSR count). The molecule has 1 amide bonds. The molecule has 0 aliphatic heterocycles. The molecule has 24 heavy (non-hydrogen) atoms. The number of para-hydroxylation sites is 1. The van der Waals surface area contributed by atoms with Crippen molar-refractivity contribution in [3.63, 3.8) is 0 Å². The lowest BCUT2D eigenvalue weighted by Crippen LogP contribution is -2.45. The van der Waals surface area contributed by atoms with E-state index >= 15 is 0 Å². The van der Waals surface area contributed by atoms with Gasteiger partial charge < -0.3 is 4.74 Å². The fourth-order valence-corrected chi connectivity index (χ4v) is 3.44. The second-order valence-electron chi connectivity index (χ2n) is 5.17. The van der Waals surface area contributed by atoms with Gasteiger partial charge in [-0.05, 0) is 18.6 Å². The number of carbonyl (C=O) groups excluding carboxylic acids is 2. The van der Waals surface area contributed by atoms with E-state index in [1.165, 1.54) is 23.3 Å². The van der Waals surface area contributed by atoms with E-state index in [1.54, 1.807) is 23.0 Å². The summed E-state index contributed by atoms with van der Waals surface area (Å²) in [5.74, 6) is -0.676. The molecule has 0 aliphatic rings. The van der Waals surface area contributed by atoms with E-state index in [0.717, 1.165) is 4.96 Å². The number of benzene rings is 1. The van der Waals surface area contributed by atoms with Gasteiger partial charge in [0.1, 0.15) is 10.9 Å². The van der Waals surface area contributed by atoms with Crippen LogP contribution in [0, 0.1) is 0 Å². The van der Waals surface area contributed by atoms with Crippen LogP contribution in [0.2, 0.25) is 0 Å². The van der Waals surface area contributed by atoms with Crippen LogP contribution in [0.3, 0.4) is 0 Å². The average Bonchev–Trinajstić information content (AvgIpc) is 3.21. The van der Waals surface area contributed by atoms with Gasteiger partial charge in [0.15, 0.2) is 4.96 Å². The van der Waals surface area contributed by atoms with E-state index < -0.39 is 12.0 Å². The molecule has 0 saturated heterocycles. The molecule has 0 spiro atoms. The lowest BCUT2D eigenvalue weighted by molar-refractivity contribution is -0.142. The van der Waals surface area contributed by atoms with Crippen LogP contribution in [0.15, 0.2) is 48.9 Å². The van der Waals surface area contributed by atoms with Crippen molar-refractivity contribution in [1.29, 1.82) is 0 Å². The number of carbonyl (C=O) groups is 2. The molecule has 0 aliphatic carbocycles. The fraction of sp³-hybridized carbons (Fsp3) is 0.235. The average molecular weight is 343 g/mol. The standard InChI is InChI=1S/C17H17N3O3S/c1-3-13(16(22)23-2)20(12-7-5-4-6-8-12)15(21)14-11-19-10-9-18-17(19)24-14/h4-11,13H,3H2,1-2H3/t13-/m1/s1. The summed E-state index contributed by atoms with van der Waals surface area (Å²) in [6.45, 7) is 1.85. The van der Waals surface area contributed by atoms with Crippen LogP contribution < -0.4 is 4.90 Å². The third-order valence-electron chi connectivity index (χ3n) is 3.73. The Bertz CT molecular complexity index is 828. The molecule has 0 unspecified atom stereocenters. The Morgan fingerprint density at radius 2 is 2.08 bits per heavy atom. The van der Waals surface area contributed by atoms with E-state index in [1.807, 2.05) is 37.3 Å². The molecule has 3 aromatic rings. The van der Waals surface area contributed by atoms with Crippen LogP contribution >= 0.6 is 11.3 Å². The number of thiazole rings is 1. The zero-order chi connectivity index (χ0) is 17.1. The Balaban J connectivity index is 2.04. The van der Waals surface area contributed by atoms with Crippen LogP contribution in [-0.2, 0) is 9.53 Å². The molecular formula is C17H17N3O3S. The highest BCUT2D eigenvalue weighted by molar-refractivity contribution is 7.19. The maximum atomic E-state index is 13.1. The minimum Gasteiger partial charge on any atom is -0.467 e. The van der Waals surface area contributed by atoms with Gasteiger partial charge in [-0.2, -0.15) is 0 Å². The first-order valence-corrected chi connectivity index (χ1v) is 8.36. The molecule has 0 N–H and O–H groups in total. The normalized spacial score (nSPS) is 12.1. The van der Waals surface area contributed by atoms with Crippen LogP contribution in [-0.4, -0.2) is 34.4 Å². The molecule has 2 heterocycles. The number of imidazole rings is 1. The minimum absolute atomic E-state index is 0.242. The summed E-state index contributed by atoms with van der Waals surface area (Å²) in [5, 5.41) is 0. The highest BCUT2D eigenvalue weighted by Crippen LogP contribution is 2.25. The number of anilines is 1. The van der Waals surface area contributed by atoms with Gasteiger partial charge in [0, 0.05) is 24.3 Å². The van der Waals surface area contributed by atoms with Crippen molar-refractivity contribution in [3.8, 4) is 0 Å². The number of nitrogens with zero attached hydrogens (tertiary/aromatic N) is 3. The first-order chi connectivity index (χ1) is 11.7.